The van der Waals surface area contributed by atoms with E-state index in [2.05, 4.69) is 38.2 Å². The number of carboxylic acid groups (broad SMARTS) is 1. The number of carbonyl (C=O) groups is 2. The van der Waals surface area contributed by atoms with E-state index in [0.717, 1.165) is 51.9 Å². The zero-order chi connectivity index (χ0) is 30.7. The van der Waals surface area contributed by atoms with E-state index in [0.29, 0.717) is 23.8 Å². The average molecular weight is 589 g/mol. The molecular weight excluding hydrogens is 548 g/mol. The summed E-state index contributed by atoms with van der Waals surface area (Å²) >= 11 is 0. The molecule has 0 aliphatic carbocycles. The zero-order valence-electron chi connectivity index (χ0n) is 25.4. The summed E-state index contributed by atoms with van der Waals surface area (Å²) in [7, 11) is 1.55. The molecule has 2 aliphatic rings. The van der Waals surface area contributed by atoms with Crippen LogP contribution in [-0.4, -0.2) is 55.7 Å². The second kappa shape index (κ2) is 13.1. The minimum absolute atomic E-state index is 0.0384. The molecule has 0 aromatic heterocycles. The first kappa shape index (κ1) is 30.4. The first-order valence-electron chi connectivity index (χ1n) is 14.8. The number of anilines is 1. The summed E-state index contributed by atoms with van der Waals surface area (Å²) in [5.74, 6) is -0.378. The van der Waals surface area contributed by atoms with Gasteiger partial charge < -0.3 is 29.4 Å². The number of nitrogens with one attached hydrogen (secondary N) is 1. The van der Waals surface area contributed by atoms with Gasteiger partial charge in [0.1, 0.15) is 5.75 Å². The van der Waals surface area contributed by atoms with Crippen LogP contribution in [0.4, 0.5) is 5.69 Å². The zero-order valence-corrected chi connectivity index (χ0v) is 25.4. The van der Waals surface area contributed by atoms with E-state index < -0.39 is 17.9 Å². The van der Waals surface area contributed by atoms with Crippen LogP contribution in [0, 0.1) is 19.8 Å². The molecule has 2 heterocycles. The molecule has 1 fully saturated rings. The van der Waals surface area contributed by atoms with Gasteiger partial charge in [0.25, 0.3) is 0 Å². The highest BCUT2D eigenvalue weighted by molar-refractivity contribution is 5.94. The number of likely N-dealkylation sites (tertiary alicyclic amines) is 1. The highest BCUT2D eigenvalue weighted by Crippen LogP contribution is 2.49. The molecule has 0 bridgehead atoms. The summed E-state index contributed by atoms with van der Waals surface area (Å²) in [6.07, 6.45) is 1.58. The van der Waals surface area contributed by atoms with Crippen LogP contribution in [0.1, 0.15) is 59.2 Å². The lowest BCUT2D eigenvalue weighted by atomic mass is 9.81. The van der Waals surface area contributed by atoms with Gasteiger partial charge >= 0.3 is 5.97 Å². The van der Waals surface area contributed by atoms with Gasteiger partial charge in [0, 0.05) is 31.3 Å². The Morgan fingerprint density at radius 2 is 1.72 bits per heavy atom. The largest absolute Gasteiger partial charge is 0.481 e. The van der Waals surface area contributed by atoms with Crippen molar-refractivity contribution in [3.8, 4) is 17.2 Å². The number of fused-ring (bicyclic) bond motifs is 1. The fourth-order valence-electron chi connectivity index (χ4n) is 6.55. The molecule has 3 atom stereocenters. The average Bonchev–Trinajstić information content (AvgIpc) is 3.63. The summed E-state index contributed by atoms with van der Waals surface area (Å²) in [5, 5.41) is 13.8. The van der Waals surface area contributed by atoms with Crippen molar-refractivity contribution in [2.45, 2.75) is 52.5 Å². The van der Waals surface area contributed by atoms with Crippen molar-refractivity contribution >= 4 is 17.6 Å². The standard InChI is InChI=1S/C34H40N2O7/c1-6-22-14-20(3)15-23(7-2)31(22)35-29(37)17-36-16-27(26-12-13-28-33(21(26)4)43-19-42-28)30(34(38)39)32(36)24-8-10-25(11-9-24)41-18-40-5/h8-15,27,30,32H,6-7,16-19H2,1-5H3,(H,35,37)(H,38,39)/t27-,30?,32+/m1/s1. The first-order chi connectivity index (χ1) is 20.7. The van der Waals surface area contributed by atoms with E-state index in [1.165, 1.54) is 0 Å². The highest BCUT2D eigenvalue weighted by atomic mass is 16.7. The number of carbonyl (C=O) groups excluding carboxylic acids is 1. The SMILES string of the molecule is CCc1cc(C)cc(CC)c1NC(=O)CN1C[C@H](c2ccc3c(c2C)OCO3)C(C(=O)O)[C@@H]1c1ccc(OCOC)cc1. The van der Waals surface area contributed by atoms with Crippen molar-refractivity contribution in [3.05, 3.63) is 81.9 Å². The fraction of sp³-hybridized carbons (Fsp3) is 0.412. The third-order valence-electron chi connectivity index (χ3n) is 8.50. The second-order valence-corrected chi connectivity index (χ2v) is 11.2. The molecular formula is C34H40N2O7. The number of amides is 1. The first-order valence-corrected chi connectivity index (χ1v) is 14.8. The molecule has 228 valence electrons. The fourth-order valence-corrected chi connectivity index (χ4v) is 6.55. The van der Waals surface area contributed by atoms with E-state index in [1.807, 2.05) is 36.1 Å². The number of rotatable bonds is 11. The van der Waals surface area contributed by atoms with Gasteiger partial charge in [-0.05, 0) is 72.7 Å². The summed E-state index contributed by atoms with van der Waals surface area (Å²) in [6.45, 7) is 8.82. The number of ether oxygens (including phenoxy) is 4. The number of carboxylic acids is 1. The topological polar surface area (TPSA) is 107 Å². The Labute approximate surface area is 252 Å². The Morgan fingerprint density at radius 3 is 2.35 bits per heavy atom. The van der Waals surface area contributed by atoms with Crippen LogP contribution in [-0.2, 0) is 27.2 Å². The minimum atomic E-state index is -0.922. The van der Waals surface area contributed by atoms with Crippen LogP contribution < -0.4 is 19.5 Å². The van der Waals surface area contributed by atoms with Crippen LogP contribution in [0.5, 0.6) is 17.2 Å². The number of nitrogens with zero attached hydrogens (tertiary/aromatic N) is 1. The molecule has 2 N–H and O–H groups in total. The van der Waals surface area contributed by atoms with Crippen LogP contribution in [0.15, 0.2) is 48.5 Å². The lowest BCUT2D eigenvalue weighted by molar-refractivity contribution is -0.143. The Balaban J connectivity index is 1.50. The van der Waals surface area contributed by atoms with Gasteiger partial charge in [-0.25, -0.2) is 0 Å². The lowest BCUT2D eigenvalue weighted by Crippen LogP contribution is -2.35. The van der Waals surface area contributed by atoms with Gasteiger partial charge in [-0.3, -0.25) is 14.5 Å². The quantitative estimate of drug-likeness (QED) is 0.278. The molecule has 1 unspecified atom stereocenters. The van der Waals surface area contributed by atoms with Crippen molar-refractivity contribution in [1.29, 1.82) is 0 Å². The Bertz CT molecular complexity index is 1460. The number of methoxy groups -OCH3 is 1. The smallest absolute Gasteiger partial charge is 0.309 e. The minimum Gasteiger partial charge on any atom is -0.481 e. The van der Waals surface area contributed by atoms with Crippen molar-refractivity contribution in [1.82, 2.24) is 4.90 Å². The number of hydrogen-bond acceptors (Lipinski definition) is 7. The van der Waals surface area contributed by atoms with Crippen LogP contribution in [0.25, 0.3) is 0 Å². The molecule has 1 saturated heterocycles. The predicted molar refractivity (Wildman–Crippen MR) is 163 cm³/mol. The van der Waals surface area contributed by atoms with Crippen LogP contribution in [0.2, 0.25) is 0 Å². The molecule has 1 amide bonds. The molecule has 3 aromatic rings. The Morgan fingerprint density at radius 1 is 1.02 bits per heavy atom. The third kappa shape index (κ3) is 6.19. The maximum atomic E-state index is 13.7. The molecule has 3 aromatic carbocycles. The van der Waals surface area contributed by atoms with Gasteiger partial charge in [-0.1, -0.05) is 49.7 Å². The summed E-state index contributed by atoms with van der Waals surface area (Å²) in [4.78, 5) is 28.7. The molecule has 0 radical (unpaired) electrons. The number of benzene rings is 3. The third-order valence-corrected chi connectivity index (χ3v) is 8.50. The molecule has 5 rings (SSSR count). The summed E-state index contributed by atoms with van der Waals surface area (Å²) in [6, 6.07) is 14.8. The van der Waals surface area contributed by atoms with Gasteiger partial charge in [0.2, 0.25) is 12.7 Å². The number of aliphatic carboxylic acids is 1. The highest BCUT2D eigenvalue weighted by Gasteiger charge is 2.48. The second-order valence-electron chi connectivity index (χ2n) is 11.2. The molecule has 9 nitrogen and oxygen atoms in total. The van der Waals surface area contributed by atoms with Crippen LogP contribution >= 0.6 is 0 Å². The maximum absolute atomic E-state index is 13.7. The van der Waals surface area contributed by atoms with Gasteiger partial charge in [0.15, 0.2) is 18.3 Å². The van der Waals surface area contributed by atoms with E-state index in [9.17, 15) is 14.7 Å². The Hall–Kier alpha value is -4.08. The van der Waals surface area contributed by atoms with Gasteiger partial charge in [-0.2, -0.15) is 0 Å². The van der Waals surface area contributed by atoms with Crippen LogP contribution in [0.3, 0.4) is 0 Å². The molecule has 0 spiro atoms. The summed E-state index contributed by atoms with van der Waals surface area (Å²) < 4.78 is 21.8. The van der Waals surface area contributed by atoms with E-state index >= 15 is 0 Å². The predicted octanol–water partition coefficient (Wildman–Crippen LogP) is 5.62. The van der Waals surface area contributed by atoms with Crippen molar-refractivity contribution in [2.24, 2.45) is 5.92 Å². The monoisotopic (exact) mass is 588 g/mol. The van der Waals surface area contributed by atoms with E-state index in [4.69, 9.17) is 18.9 Å². The maximum Gasteiger partial charge on any atom is 0.309 e. The van der Waals surface area contributed by atoms with E-state index in [-0.39, 0.29) is 32.0 Å². The Kier molecular flexibility index (Phi) is 9.22. The van der Waals surface area contributed by atoms with Gasteiger partial charge in [0.05, 0.1) is 12.5 Å². The van der Waals surface area contributed by atoms with Crippen molar-refractivity contribution < 1.29 is 33.6 Å². The molecule has 2 aliphatic heterocycles. The lowest BCUT2D eigenvalue weighted by Gasteiger charge is -2.27. The summed E-state index contributed by atoms with van der Waals surface area (Å²) in [5.41, 5.74) is 6.73. The van der Waals surface area contributed by atoms with Crippen molar-refractivity contribution in [2.75, 3.05) is 39.1 Å². The normalized spacial score (nSPS) is 19.4. The molecule has 9 heteroatoms. The van der Waals surface area contributed by atoms with Gasteiger partial charge in [-0.15, -0.1) is 0 Å². The molecule has 43 heavy (non-hydrogen) atoms. The number of hydrogen-bond donors (Lipinski definition) is 2. The molecule has 0 saturated carbocycles. The van der Waals surface area contributed by atoms with E-state index in [1.54, 1.807) is 19.2 Å². The van der Waals surface area contributed by atoms with Crippen molar-refractivity contribution in [3.63, 3.8) is 0 Å². The number of aryl methyl sites for hydroxylation is 3.